The Morgan fingerprint density at radius 1 is 1.25 bits per heavy atom. The highest BCUT2D eigenvalue weighted by Gasteiger charge is 2.38. The average Bonchev–Trinajstić information content (AvgIpc) is 2.77. The SMILES string of the molecule is NCC#Cc1ccccc1S(=O)(=O)N1CC(O)C(O)C1. The van der Waals surface area contributed by atoms with Crippen molar-refractivity contribution in [3.8, 4) is 11.8 Å². The number of rotatable bonds is 2. The maximum atomic E-state index is 12.5. The molecule has 2 unspecified atom stereocenters. The van der Waals surface area contributed by atoms with Crippen LogP contribution in [0.1, 0.15) is 5.56 Å². The lowest BCUT2D eigenvalue weighted by Gasteiger charge is -2.16. The maximum absolute atomic E-state index is 12.5. The Bertz CT molecular complexity index is 638. The van der Waals surface area contributed by atoms with Crippen molar-refractivity contribution in [2.75, 3.05) is 19.6 Å². The fourth-order valence-electron chi connectivity index (χ4n) is 2.01. The minimum absolute atomic E-state index is 0.0576. The summed E-state index contributed by atoms with van der Waals surface area (Å²) in [6.07, 6.45) is -2.13. The van der Waals surface area contributed by atoms with E-state index in [1.165, 1.54) is 6.07 Å². The predicted molar refractivity (Wildman–Crippen MR) is 73.1 cm³/mol. The van der Waals surface area contributed by atoms with Crippen molar-refractivity contribution in [2.24, 2.45) is 5.73 Å². The highest BCUT2D eigenvalue weighted by molar-refractivity contribution is 7.89. The summed E-state index contributed by atoms with van der Waals surface area (Å²) in [5.74, 6) is 5.34. The third-order valence-corrected chi connectivity index (χ3v) is 4.95. The summed E-state index contributed by atoms with van der Waals surface area (Å²) >= 11 is 0. The Morgan fingerprint density at radius 3 is 2.45 bits per heavy atom. The number of aliphatic hydroxyl groups is 2. The van der Waals surface area contributed by atoms with Gasteiger partial charge >= 0.3 is 0 Å². The molecule has 1 aliphatic heterocycles. The predicted octanol–water partition coefficient (Wildman–Crippen LogP) is -1.28. The molecule has 1 fully saturated rings. The normalized spacial score (nSPS) is 23.4. The van der Waals surface area contributed by atoms with E-state index in [2.05, 4.69) is 11.8 Å². The van der Waals surface area contributed by atoms with Crippen LogP contribution < -0.4 is 5.73 Å². The lowest BCUT2D eigenvalue weighted by Crippen LogP contribution is -2.30. The smallest absolute Gasteiger partial charge is 0.244 e. The topological polar surface area (TPSA) is 104 Å². The van der Waals surface area contributed by atoms with E-state index in [1.54, 1.807) is 18.2 Å². The molecule has 0 spiro atoms. The van der Waals surface area contributed by atoms with Gasteiger partial charge in [0.2, 0.25) is 10.0 Å². The van der Waals surface area contributed by atoms with Crippen LogP contribution in [0.2, 0.25) is 0 Å². The first-order chi connectivity index (χ1) is 9.46. The molecule has 0 aromatic heterocycles. The van der Waals surface area contributed by atoms with Crippen LogP contribution in [0.3, 0.4) is 0 Å². The Kier molecular flexibility index (Phi) is 4.42. The number of hydrogen-bond donors (Lipinski definition) is 3. The molecular weight excluding hydrogens is 280 g/mol. The zero-order valence-electron chi connectivity index (χ0n) is 10.7. The molecule has 0 saturated carbocycles. The molecule has 2 atom stereocenters. The number of aliphatic hydroxyl groups excluding tert-OH is 2. The third kappa shape index (κ3) is 2.85. The van der Waals surface area contributed by atoms with Crippen molar-refractivity contribution < 1.29 is 18.6 Å². The summed E-state index contributed by atoms with van der Waals surface area (Å²) in [7, 11) is -3.80. The van der Waals surface area contributed by atoms with Gasteiger partial charge in [0, 0.05) is 18.7 Å². The molecule has 2 rings (SSSR count). The van der Waals surface area contributed by atoms with Gasteiger partial charge in [-0.15, -0.1) is 0 Å². The molecule has 0 radical (unpaired) electrons. The summed E-state index contributed by atoms with van der Waals surface area (Å²) in [4.78, 5) is 0.0576. The molecular formula is C13H16N2O4S. The highest BCUT2D eigenvalue weighted by atomic mass is 32.2. The third-order valence-electron chi connectivity index (χ3n) is 3.06. The minimum Gasteiger partial charge on any atom is -0.389 e. The van der Waals surface area contributed by atoms with E-state index in [0.717, 1.165) is 4.31 Å². The van der Waals surface area contributed by atoms with Gasteiger partial charge in [-0.05, 0) is 12.1 Å². The zero-order chi connectivity index (χ0) is 14.8. The van der Waals surface area contributed by atoms with Crippen LogP contribution in [-0.2, 0) is 10.0 Å². The molecule has 0 amide bonds. The number of benzene rings is 1. The first-order valence-electron chi connectivity index (χ1n) is 6.11. The van der Waals surface area contributed by atoms with Crippen molar-refractivity contribution in [3.63, 3.8) is 0 Å². The lowest BCUT2D eigenvalue weighted by molar-refractivity contribution is 0.0572. The number of nitrogens with two attached hydrogens (primary N) is 1. The van der Waals surface area contributed by atoms with E-state index in [1.807, 2.05) is 0 Å². The van der Waals surface area contributed by atoms with E-state index < -0.39 is 22.2 Å². The summed E-state index contributed by atoms with van der Waals surface area (Å²) in [5, 5.41) is 19.0. The van der Waals surface area contributed by atoms with Crippen molar-refractivity contribution in [1.82, 2.24) is 4.31 Å². The van der Waals surface area contributed by atoms with Crippen LogP contribution in [-0.4, -0.2) is 54.8 Å². The van der Waals surface area contributed by atoms with Gasteiger partial charge in [-0.25, -0.2) is 8.42 Å². The number of nitrogens with zero attached hydrogens (tertiary/aromatic N) is 1. The molecule has 108 valence electrons. The van der Waals surface area contributed by atoms with E-state index in [-0.39, 0.29) is 24.5 Å². The van der Waals surface area contributed by atoms with Gasteiger partial charge in [-0.2, -0.15) is 4.31 Å². The molecule has 6 nitrogen and oxygen atoms in total. The van der Waals surface area contributed by atoms with Crippen LogP contribution in [0.15, 0.2) is 29.2 Å². The van der Waals surface area contributed by atoms with Gasteiger partial charge in [0.1, 0.15) is 0 Å². The van der Waals surface area contributed by atoms with Gasteiger partial charge in [0.15, 0.2) is 0 Å². The molecule has 0 bridgehead atoms. The van der Waals surface area contributed by atoms with Crippen LogP contribution in [0.4, 0.5) is 0 Å². The first-order valence-corrected chi connectivity index (χ1v) is 7.55. The highest BCUT2D eigenvalue weighted by Crippen LogP contribution is 2.23. The number of β-amino-alcohol motifs (C(OH)–C–C–N with tert-alkyl or cyclic N) is 2. The van der Waals surface area contributed by atoms with E-state index in [9.17, 15) is 18.6 Å². The second-order valence-electron chi connectivity index (χ2n) is 4.46. The summed E-state index contributed by atoms with van der Waals surface area (Å²) in [5.41, 5.74) is 5.65. The first kappa shape index (κ1) is 15.0. The Hall–Kier alpha value is -1.43. The molecule has 1 heterocycles. The second kappa shape index (κ2) is 5.91. The Morgan fingerprint density at radius 2 is 1.85 bits per heavy atom. The minimum atomic E-state index is -3.80. The van der Waals surface area contributed by atoms with Gasteiger partial charge < -0.3 is 15.9 Å². The fourth-order valence-corrected chi connectivity index (χ4v) is 3.64. The molecule has 4 N–H and O–H groups in total. The maximum Gasteiger partial charge on any atom is 0.244 e. The van der Waals surface area contributed by atoms with Gasteiger partial charge in [0.05, 0.1) is 23.6 Å². The Balaban J connectivity index is 2.40. The fraction of sp³-hybridized carbons (Fsp3) is 0.385. The van der Waals surface area contributed by atoms with Crippen LogP contribution >= 0.6 is 0 Å². The monoisotopic (exact) mass is 296 g/mol. The standard InChI is InChI=1S/C13H16N2O4S/c14-7-3-5-10-4-1-2-6-13(10)20(18,19)15-8-11(16)12(17)9-15/h1-2,4,6,11-12,16-17H,7-9,14H2. The molecule has 7 heteroatoms. The second-order valence-corrected chi connectivity index (χ2v) is 6.37. The number of sulfonamides is 1. The van der Waals surface area contributed by atoms with Crippen molar-refractivity contribution >= 4 is 10.0 Å². The summed E-state index contributed by atoms with van der Waals surface area (Å²) < 4.78 is 26.1. The zero-order valence-corrected chi connectivity index (χ0v) is 11.5. The van der Waals surface area contributed by atoms with Crippen molar-refractivity contribution in [2.45, 2.75) is 17.1 Å². The quantitative estimate of drug-likeness (QED) is 0.590. The molecule has 1 saturated heterocycles. The van der Waals surface area contributed by atoms with Crippen LogP contribution in [0.5, 0.6) is 0 Å². The number of hydrogen-bond acceptors (Lipinski definition) is 5. The molecule has 20 heavy (non-hydrogen) atoms. The van der Waals surface area contributed by atoms with Crippen molar-refractivity contribution in [3.05, 3.63) is 29.8 Å². The summed E-state index contributed by atoms with van der Waals surface area (Å²) in [6, 6.07) is 6.34. The van der Waals surface area contributed by atoms with Gasteiger partial charge in [-0.1, -0.05) is 24.0 Å². The van der Waals surface area contributed by atoms with E-state index >= 15 is 0 Å². The van der Waals surface area contributed by atoms with Crippen LogP contribution in [0.25, 0.3) is 0 Å². The average molecular weight is 296 g/mol. The van der Waals surface area contributed by atoms with Crippen molar-refractivity contribution in [1.29, 1.82) is 0 Å². The van der Waals surface area contributed by atoms with Gasteiger partial charge in [-0.3, -0.25) is 0 Å². The molecule has 0 aliphatic carbocycles. The Labute approximate surface area is 117 Å². The van der Waals surface area contributed by atoms with E-state index in [4.69, 9.17) is 5.73 Å². The molecule has 1 aromatic carbocycles. The largest absolute Gasteiger partial charge is 0.389 e. The lowest BCUT2D eigenvalue weighted by atomic mass is 10.2. The van der Waals surface area contributed by atoms with Gasteiger partial charge in [0.25, 0.3) is 0 Å². The molecule has 1 aromatic rings. The molecule has 1 aliphatic rings. The summed E-state index contributed by atoms with van der Waals surface area (Å²) in [6.45, 7) is -0.111. The van der Waals surface area contributed by atoms with Crippen LogP contribution in [0, 0.1) is 11.8 Å². The van der Waals surface area contributed by atoms with E-state index in [0.29, 0.717) is 5.56 Å².